The van der Waals surface area contributed by atoms with E-state index < -0.39 is 33.3 Å². The molecule has 0 aromatic heterocycles. The predicted octanol–water partition coefficient (Wildman–Crippen LogP) is 1.91. The Bertz CT molecular complexity index is 981. The molecule has 9 nitrogen and oxygen atoms in total. The predicted molar refractivity (Wildman–Crippen MR) is 115 cm³/mol. The van der Waals surface area contributed by atoms with E-state index in [1.54, 1.807) is 55.5 Å². The van der Waals surface area contributed by atoms with E-state index in [4.69, 9.17) is 9.47 Å². The fourth-order valence-corrected chi connectivity index (χ4v) is 4.79. The van der Waals surface area contributed by atoms with Crippen molar-refractivity contribution in [2.24, 2.45) is 5.92 Å². The van der Waals surface area contributed by atoms with E-state index in [1.165, 1.54) is 7.11 Å². The molecule has 1 fully saturated rings. The van der Waals surface area contributed by atoms with Gasteiger partial charge in [-0.3, -0.25) is 14.9 Å². The summed E-state index contributed by atoms with van der Waals surface area (Å²) in [5.74, 6) is -0.0538. The van der Waals surface area contributed by atoms with E-state index in [0.717, 1.165) is 0 Å². The molecule has 0 radical (unpaired) electrons. The topological polar surface area (TPSA) is 118 Å². The molecule has 10 heteroatoms. The summed E-state index contributed by atoms with van der Waals surface area (Å²) in [6.07, 6.45) is 0. The van der Waals surface area contributed by atoms with E-state index in [2.05, 4.69) is 20.9 Å². The van der Waals surface area contributed by atoms with Gasteiger partial charge < -0.3 is 14.8 Å². The minimum atomic E-state index is -3.92. The number of anilines is 2. The van der Waals surface area contributed by atoms with Crippen molar-refractivity contribution in [3.05, 3.63) is 48.5 Å². The lowest BCUT2D eigenvalue weighted by molar-refractivity contribution is -0.119. The number of hydrogen-bond donors (Lipinski definition) is 4. The van der Waals surface area contributed by atoms with E-state index in [9.17, 15) is 13.2 Å². The molecule has 0 aliphatic carbocycles. The van der Waals surface area contributed by atoms with Crippen LogP contribution in [-0.4, -0.2) is 39.5 Å². The van der Waals surface area contributed by atoms with Crippen LogP contribution in [0.15, 0.2) is 48.5 Å². The maximum Gasteiger partial charge on any atom is 0.250 e. The standard InChI is InChI=1S/C20H26N4O5S/c1-4-29-16-10-8-14(9-11-16)24-30(26,27)20-18(13(2)22-23-20)19(25)21-15-6-5-7-17(12-15)28-3/h5-13,18,20,22-24H,4H2,1-3H3,(H,21,25). The van der Waals surface area contributed by atoms with Crippen molar-refractivity contribution >= 4 is 27.3 Å². The number of methoxy groups -OCH3 is 1. The fourth-order valence-electron chi connectivity index (χ4n) is 3.23. The second-order valence-electron chi connectivity index (χ2n) is 6.85. The molecular formula is C20H26N4O5S. The molecule has 30 heavy (non-hydrogen) atoms. The van der Waals surface area contributed by atoms with E-state index >= 15 is 0 Å². The maximum absolute atomic E-state index is 13.0. The quantitative estimate of drug-likeness (QED) is 0.501. The van der Waals surface area contributed by atoms with E-state index in [1.807, 2.05) is 6.92 Å². The molecule has 1 saturated heterocycles. The van der Waals surface area contributed by atoms with Gasteiger partial charge in [0.1, 0.15) is 11.5 Å². The lowest BCUT2D eigenvalue weighted by atomic mass is 10.0. The van der Waals surface area contributed by atoms with Gasteiger partial charge in [0.25, 0.3) is 10.0 Å². The molecule has 2 aromatic carbocycles. The number of ether oxygens (including phenoxy) is 2. The second-order valence-corrected chi connectivity index (χ2v) is 8.65. The number of carbonyl (C=O) groups is 1. The Kier molecular flexibility index (Phi) is 6.80. The summed E-state index contributed by atoms with van der Waals surface area (Å²) in [5, 5.41) is 1.61. The van der Waals surface area contributed by atoms with Gasteiger partial charge in [-0.25, -0.2) is 13.8 Å². The molecule has 3 rings (SSSR count). The third-order valence-corrected chi connectivity index (χ3v) is 6.32. The van der Waals surface area contributed by atoms with Gasteiger partial charge in [0.05, 0.1) is 19.6 Å². The molecule has 4 N–H and O–H groups in total. The molecule has 3 atom stereocenters. The highest BCUT2D eigenvalue weighted by molar-refractivity contribution is 7.93. The molecule has 1 heterocycles. The normalized spacial score (nSPS) is 21.1. The third kappa shape index (κ3) is 5.02. The van der Waals surface area contributed by atoms with Crippen LogP contribution in [0, 0.1) is 5.92 Å². The minimum Gasteiger partial charge on any atom is -0.497 e. The Morgan fingerprint density at radius 3 is 2.47 bits per heavy atom. The van der Waals surface area contributed by atoms with Crippen LogP contribution in [0.5, 0.6) is 11.5 Å². The number of amides is 1. The summed E-state index contributed by atoms with van der Waals surface area (Å²) in [6.45, 7) is 4.13. The van der Waals surface area contributed by atoms with Crippen LogP contribution < -0.4 is 30.4 Å². The van der Waals surface area contributed by atoms with Crippen LogP contribution in [0.1, 0.15) is 13.8 Å². The van der Waals surface area contributed by atoms with Crippen LogP contribution in [0.2, 0.25) is 0 Å². The second kappa shape index (κ2) is 9.33. The van der Waals surface area contributed by atoms with Gasteiger partial charge in [-0.05, 0) is 50.2 Å². The molecule has 2 aromatic rings. The van der Waals surface area contributed by atoms with Gasteiger partial charge >= 0.3 is 0 Å². The highest BCUT2D eigenvalue weighted by Gasteiger charge is 2.46. The van der Waals surface area contributed by atoms with Gasteiger partial charge in [-0.15, -0.1) is 0 Å². The summed E-state index contributed by atoms with van der Waals surface area (Å²) in [5.41, 5.74) is 6.48. The number of nitrogens with one attached hydrogen (secondary N) is 4. The molecule has 0 bridgehead atoms. The number of benzene rings is 2. The zero-order valence-electron chi connectivity index (χ0n) is 17.0. The monoisotopic (exact) mass is 434 g/mol. The van der Waals surface area contributed by atoms with Crippen LogP contribution in [-0.2, 0) is 14.8 Å². The van der Waals surface area contributed by atoms with Crippen molar-refractivity contribution in [1.82, 2.24) is 10.9 Å². The molecule has 162 valence electrons. The van der Waals surface area contributed by atoms with Gasteiger partial charge in [0.15, 0.2) is 5.37 Å². The summed E-state index contributed by atoms with van der Waals surface area (Å²) >= 11 is 0. The number of carbonyl (C=O) groups excluding carboxylic acids is 1. The largest absolute Gasteiger partial charge is 0.497 e. The number of rotatable bonds is 8. The molecular weight excluding hydrogens is 408 g/mol. The van der Waals surface area contributed by atoms with Crippen molar-refractivity contribution < 1.29 is 22.7 Å². The van der Waals surface area contributed by atoms with Gasteiger partial charge in [0, 0.05) is 23.5 Å². The number of hydrogen-bond acceptors (Lipinski definition) is 7. The Morgan fingerprint density at radius 2 is 1.80 bits per heavy atom. The van der Waals surface area contributed by atoms with Gasteiger partial charge in [-0.1, -0.05) is 6.07 Å². The Morgan fingerprint density at radius 1 is 1.07 bits per heavy atom. The maximum atomic E-state index is 13.0. The minimum absolute atomic E-state index is 0.381. The van der Waals surface area contributed by atoms with E-state index in [-0.39, 0.29) is 0 Å². The van der Waals surface area contributed by atoms with Gasteiger partial charge in [0.2, 0.25) is 5.91 Å². The summed E-state index contributed by atoms with van der Waals surface area (Å²) in [6, 6.07) is 13.0. The summed E-state index contributed by atoms with van der Waals surface area (Å²) in [7, 11) is -2.39. The molecule has 3 unspecified atom stereocenters. The van der Waals surface area contributed by atoms with Crippen molar-refractivity contribution in [1.29, 1.82) is 0 Å². The first kappa shape index (κ1) is 21.9. The lowest BCUT2D eigenvalue weighted by Gasteiger charge is -2.21. The van der Waals surface area contributed by atoms with Gasteiger partial charge in [-0.2, -0.15) is 0 Å². The highest BCUT2D eigenvalue weighted by Crippen LogP contribution is 2.25. The Balaban J connectivity index is 1.75. The smallest absolute Gasteiger partial charge is 0.250 e. The molecule has 0 saturated carbocycles. The first-order valence-corrected chi connectivity index (χ1v) is 11.1. The summed E-state index contributed by atoms with van der Waals surface area (Å²) < 4.78 is 39.0. The van der Waals surface area contributed by atoms with Crippen molar-refractivity contribution in [2.75, 3.05) is 23.8 Å². The summed E-state index contributed by atoms with van der Waals surface area (Å²) in [4.78, 5) is 12.9. The SMILES string of the molecule is CCOc1ccc(NS(=O)(=O)C2NNC(C)C2C(=O)Nc2cccc(OC)c2)cc1. The van der Waals surface area contributed by atoms with Crippen LogP contribution in [0.3, 0.4) is 0 Å². The average Bonchev–Trinajstić information content (AvgIpc) is 3.12. The Hall–Kier alpha value is -2.82. The van der Waals surface area contributed by atoms with Crippen molar-refractivity contribution in [3.63, 3.8) is 0 Å². The fraction of sp³-hybridized carbons (Fsp3) is 0.350. The van der Waals surface area contributed by atoms with Crippen LogP contribution in [0.4, 0.5) is 11.4 Å². The first-order valence-electron chi connectivity index (χ1n) is 9.54. The van der Waals surface area contributed by atoms with Crippen molar-refractivity contribution in [2.45, 2.75) is 25.3 Å². The first-order chi connectivity index (χ1) is 14.3. The zero-order valence-corrected chi connectivity index (χ0v) is 17.8. The third-order valence-electron chi connectivity index (χ3n) is 4.72. The molecule has 1 aliphatic heterocycles. The molecule has 1 aliphatic rings. The zero-order chi connectivity index (χ0) is 21.7. The highest BCUT2D eigenvalue weighted by atomic mass is 32.2. The van der Waals surface area contributed by atoms with E-state index in [0.29, 0.717) is 29.5 Å². The number of sulfonamides is 1. The number of hydrazine groups is 1. The average molecular weight is 435 g/mol. The van der Waals surface area contributed by atoms with Crippen molar-refractivity contribution in [3.8, 4) is 11.5 Å². The Labute approximate surface area is 176 Å². The van der Waals surface area contributed by atoms with Crippen LogP contribution in [0.25, 0.3) is 0 Å². The lowest BCUT2D eigenvalue weighted by Crippen LogP contribution is -2.45. The van der Waals surface area contributed by atoms with Crippen LogP contribution >= 0.6 is 0 Å². The molecule has 0 spiro atoms. The molecule has 1 amide bonds.